The second-order valence-electron chi connectivity index (χ2n) is 3.82. The summed E-state index contributed by atoms with van der Waals surface area (Å²) in [7, 11) is 0. The van der Waals surface area contributed by atoms with Crippen LogP contribution >= 0.6 is 37.2 Å². The zero-order valence-electron chi connectivity index (χ0n) is 10.3. The highest BCUT2D eigenvalue weighted by Gasteiger charge is 2.00. The molecule has 0 fully saturated rings. The van der Waals surface area contributed by atoms with E-state index in [1.54, 1.807) is 12.3 Å². The van der Waals surface area contributed by atoms with E-state index in [0.717, 1.165) is 24.1 Å². The summed E-state index contributed by atoms with van der Waals surface area (Å²) in [6.07, 6.45) is 5.52. The van der Waals surface area contributed by atoms with Crippen LogP contribution in [0.2, 0.25) is 0 Å². The number of anilines is 2. The highest BCUT2D eigenvalue weighted by molar-refractivity contribution is 5.86. The summed E-state index contributed by atoms with van der Waals surface area (Å²) in [5.74, 6) is 0. The number of hydrogen-bond donors (Lipinski definition) is 2. The van der Waals surface area contributed by atoms with Crippen LogP contribution in [0.1, 0.15) is 11.1 Å². The van der Waals surface area contributed by atoms with Crippen molar-refractivity contribution in [2.45, 2.75) is 12.8 Å². The molecule has 0 saturated carbocycles. The molecule has 0 aliphatic carbocycles. The van der Waals surface area contributed by atoms with Crippen LogP contribution in [0.4, 0.5) is 11.4 Å². The summed E-state index contributed by atoms with van der Waals surface area (Å²) in [5, 5.41) is 0. The number of nitrogens with two attached hydrogens (primary N) is 2. The molecule has 2 rings (SSSR count). The molecule has 0 spiro atoms. The van der Waals surface area contributed by atoms with Crippen molar-refractivity contribution in [1.29, 1.82) is 0 Å². The van der Waals surface area contributed by atoms with Crippen molar-refractivity contribution in [3.63, 3.8) is 0 Å². The number of hydrogen-bond acceptors (Lipinski definition) is 3. The van der Waals surface area contributed by atoms with E-state index in [1.807, 2.05) is 24.4 Å². The van der Waals surface area contributed by atoms with E-state index in [4.69, 9.17) is 11.5 Å². The lowest BCUT2D eigenvalue weighted by atomic mass is 10.0. The normalized spacial score (nSPS) is 8.63. The van der Waals surface area contributed by atoms with Gasteiger partial charge in [0.05, 0.1) is 0 Å². The Morgan fingerprint density at radius 2 is 1.68 bits per heavy atom. The summed E-state index contributed by atoms with van der Waals surface area (Å²) < 4.78 is 0. The summed E-state index contributed by atoms with van der Waals surface area (Å²) in [5.41, 5.74) is 15.4. The van der Waals surface area contributed by atoms with E-state index in [0.29, 0.717) is 5.69 Å². The molecule has 0 aliphatic heterocycles. The van der Waals surface area contributed by atoms with Gasteiger partial charge in [0.2, 0.25) is 0 Å². The highest BCUT2D eigenvalue weighted by Crippen LogP contribution is 2.17. The quantitative estimate of drug-likeness (QED) is 0.852. The third kappa shape index (κ3) is 6.01. The lowest BCUT2D eigenvalue weighted by molar-refractivity contribution is 0.953. The van der Waals surface area contributed by atoms with Gasteiger partial charge in [0, 0.05) is 23.8 Å². The van der Waals surface area contributed by atoms with Crippen molar-refractivity contribution in [1.82, 2.24) is 4.98 Å². The fraction of sp³-hybridized carbons (Fsp3) is 0.154. The summed E-state index contributed by atoms with van der Waals surface area (Å²) >= 11 is 0. The van der Waals surface area contributed by atoms with Gasteiger partial charge in [-0.05, 0) is 42.2 Å². The molecule has 19 heavy (non-hydrogen) atoms. The van der Waals surface area contributed by atoms with Gasteiger partial charge in [-0.3, -0.25) is 4.98 Å². The number of pyridine rings is 1. The van der Waals surface area contributed by atoms with Gasteiger partial charge in [-0.25, -0.2) is 0 Å². The van der Waals surface area contributed by atoms with Crippen molar-refractivity contribution in [3.8, 4) is 0 Å². The first-order chi connectivity index (χ1) is 7.75. The van der Waals surface area contributed by atoms with Gasteiger partial charge >= 0.3 is 0 Å². The lowest BCUT2D eigenvalue weighted by Crippen LogP contribution is -1.98. The summed E-state index contributed by atoms with van der Waals surface area (Å²) in [6, 6.07) is 9.69. The molecule has 0 radical (unpaired) electrons. The van der Waals surface area contributed by atoms with Crippen LogP contribution < -0.4 is 11.5 Å². The molecule has 3 nitrogen and oxygen atoms in total. The molecule has 0 bridgehead atoms. The minimum absolute atomic E-state index is 0. The number of nitrogen functional groups attached to an aromatic ring is 2. The molecule has 0 atom stereocenters. The fourth-order valence-electron chi connectivity index (χ4n) is 1.67. The fourth-order valence-corrected chi connectivity index (χ4v) is 1.67. The first-order valence-corrected chi connectivity index (χ1v) is 5.28. The van der Waals surface area contributed by atoms with Gasteiger partial charge in [0.25, 0.3) is 0 Å². The zero-order valence-corrected chi connectivity index (χ0v) is 12.7. The zero-order chi connectivity index (χ0) is 11.4. The Bertz CT molecular complexity index is 478. The molecule has 0 saturated heterocycles. The number of halogens is 3. The largest absolute Gasteiger partial charge is 0.399 e. The second-order valence-corrected chi connectivity index (χ2v) is 3.82. The molecule has 0 unspecified atom stereocenters. The molecule has 2 aromatic rings. The summed E-state index contributed by atoms with van der Waals surface area (Å²) in [6.45, 7) is 0. The van der Waals surface area contributed by atoms with Gasteiger partial charge in [-0.15, -0.1) is 37.2 Å². The van der Waals surface area contributed by atoms with Crippen LogP contribution in [-0.4, -0.2) is 4.98 Å². The number of aromatic nitrogens is 1. The van der Waals surface area contributed by atoms with Gasteiger partial charge in [-0.2, -0.15) is 0 Å². The Morgan fingerprint density at radius 1 is 0.947 bits per heavy atom. The number of nitrogens with zero attached hydrogens (tertiary/aromatic N) is 1. The lowest BCUT2D eigenvalue weighted by Gasteiger charge is -2.06. The Hall–Kier alpha value is -1.16. The molecule has 1 aromatic heterocycles. The Labute approximate surface area is 132 Å². The molecule has 1 heterocycles. The molecule has 106 valence electrons. The molecule has 6 heteroatoms. The molecule has 0 aliphatic rings. The van der Waals surface area contributed by atoms with Crippen LogP contribution in [-0.2, 0) is 12.8 Å². The van der Waals surface area contributed by atoms with Gasteiger partial charge in [-0.1, -0.05) is 12.1 Å². The number of benzene rings is 1. The van der Waals surface area contributed by atoms with Crippen molar-refractivity contribution < 1.29 is 0 Å². The van der Waals surface area contributed by atoms with Crippen LogP contribution in [0.25, 0.3) is 0 Å². The van der Waals surface area contributed by atoms with Crippen molar-refractivity contribution in [2.24, 2.45) is 0 Å². The predicted molar refractivity (Wildman–Crippen MR) is 88.7 cm³/mol. The smallest absolute Gasteiger partial charge is 0.0367 e. The molecule has 1 aromatic carbocycles. The molecule has 0 amide bonds. The highest BCUT2D eigenvalue weighted by atomic mass is 35.5. The van der Waals surface area contributed by atoms with E-state index in [-0.39, 0.29) is 37.2 Å². The van der Waals surface area contributed by atoms with Crippen LogP contribution in [0.3, 0.4) is 0 Å². The maximum absolute atomic E-state index is 5.89. The first kappa shape index (κ1) is 20.2. The van der Waals surface area contributed by atoms with Gasteiger partial charge in [0.15, 0.2) is 0 Å². The molecular weight excluding hydrogens is 305 g/mol. The topological polar surface area (TPSA) is 64.9 Å². The van der Waals surface area contributed by atoms with Crippen LogP contribution in [0, 0.1) is 0 Å². The minimum Gasteiger partial charge on any atom is -0.399 e. The predicted octanol–water partition coefficient (Wildman–Crippen LogP) is 3.30. The average molecular weight is 323 g/mol. The third-order valence-corrected chi connectivity index (χ3v) is 2.58. The van der Waals surface area contributed by atoms with E-state index < -0.39 is 0 Å². The minimum atomic E-state index is 0. The van der Waals surface area contributed by atoms with Crippen LogP contribution in [0.5, 0.6) is 0 Å². The van der Waals surface area contributed by atoms with E-state index in [1.165, 1.54) is 5.56 Å². The number of rotatable bonds is 3. The average Bonchev–Trinajstić information content (AvgIpc) is 2.29. The SMILES string of the molecule is Cl.Cl.Cl.Nc1ccc(CCc2cccnc2)c(N)c1. The Morgan fingerprint density at radius 3 is 2.26 bits per heavy atom. The van der Waals surface area contributed by atoms with Crippen molar-refractivity contribution in [2.75, 3.05) is 11.5 Å². The standard InChI is InChI=1S/C13H15N3.3ClH/c14-12-6-5-11(13(15)8-12)4-3-10-2-1-7-16-9-10;;;/h1-2,5-9H,3-4,14-15H2;3*1H. The van der Waals surface area contributed by atoms with Crippen molar-refractivity contribution in [3.05, 3.63) is 53.9 Å². The van der Waals surface area contributed by atoms with Gasteiger partial charge in [0.1, 0.15) is 0 Å². The van der Waals surface area contributed by atoms with Crippen LogP contribution in [0.15, 0.2) is 42.7 Å². The van der Waals surface area contributed by atoms with Crippen molar-refractivity contribution >= 4 is 48.6 Å². The van der Waals surface area contributed by atoms with E-state index in [2.05, 4.69) is 11.1 Å². The second kappa shape index (κ2) is 9.73. The molecular formula is C13H18Cl3N3. The monoisotopic (exact) mass is 321 g/mol. The van der Waals surface area contributed by atoms with E-state index in [9.17, 15) is 0 Å². The Kier molecular flexibility index (Phi) is 10.3. The third-order valence-electron chi connectivity index (χ3n) is 2.58. The Balaban J connectivity index is 0. The maximum atomic E-state index is 5.89. The summed E-state index contributed by atoms with van der Waals surface area (Å²) in [4.78, 5) is 4.08. The van der Waals surface area contributed by atoms with E-state index >= 15 is 0 Å². The molecule has 4 N–H and O–H groups in total. The van der Waals surface area contributed by atoms with Gasteiger partial charge < -0.3 is 11.5 Å². The number of aryl methyl sites for hydroxylation is 2. The maximum Gasteiger partial charge on any atom is 0.0367 e. The first-order valence-electron chi connectivity index (χ1n) is 5.28.